The average Bonchev–Trinajstić information content (AvgIpc) is 2.33. The second-order valence-corrected chi connectivity index (χ2v) is 8.05. The highest BCUT2D eigenvalue weighted by Crippen LogP contribution is 2.26. The number of amides is 1. The molecule has 0 bridgehead atoms. The summed E-state index contributed by atoms with van der Waals surface area (Å²) in [6.07, 6.45) is 0.958. The van der Waals surface area contributed by atoms with Crippen LogP contribution in [0.3, 0.4) is 0 Å². The number of aliphatic carboxylic acids is 1. The third kappa shape index (κ3) is 12.9. The molecule has 0 heterocycles. The molecule has 0 fully saturated rings. The summed E-state index contributed by atoms with van der Waals surface area (Å²) in [5.41, 5.74) is -1.07. The van der Waals surface area contributed by atoms with Crippen LogP contribution in [0.5, 0.6) is 0 Å². The Kier molecular flexibility index (Phi) is 8.56. The molecule has 0 aliphatic heterocycles. The monoisotopic (exact) mass is 378 g/mol. The largest absolute Gasteiger partial charge is 0.807 e. The van der Waals surface area contributed by atoms with Gasteiger partial charge >= 0.3 is 26.3 Å². The standard InChI is InChI=1S/C15H24NO8P/c1-14(2,3)7-8-22-25(21)24-12(19)10(9-11(17)18)16-13(20)23-15(4,5)6/h7-8,10H,9H2,1-6H3,(H-,16,17,18,20)/p+1/t10-/m0/s1. The SMILES string of the molecule is CC(C)(C)C=CO[P+](=O)OC(=O)[C@H](CC(=O)O)NC(=O)OC(C)(C)C. The summed E-state index contributed by atoms with van der Waals surface area (Å²) in [7, 11) is -2.85. The molecule has 1 unspecified atom stereocenters. The lowest BCUT2D eigenvalue weighted by molar-refractivity contribution is -0.144. The smallest absolute Gasteiger partial charge is 0.481 e. The van der Waals surface area contributed by atoms with Crippen molar-refractivity contribution in [3.8, 4) is 0 Å². The molecule has 2 N–H and O–H groups in total. The molecule has 9 nitrogen and oxygen atoms in total. The summed E-state index contributed by atoms with van der Waals surface area (Å²) in [5, 5.41) is 10.9. The van der Waals surface area contributed by atoms with Crippen LogP contribution in [-0.4, -0.2) is 34.8 Å². The van der Waals surface area contributed by atoms with Gasteiger partial charge in [-0.1, -0.05) is 20.8 Å². The molecule has 0 saturated heterocycles. The van der Waals surface area contributed by atoms with Crippen LogP contribution >= 0.6 is 8.25 Å². The zero-order valence-corrected chi connectivity index (χ0v) is 16.1. The lowest BCUT2D eigenvalue weighted by Crippen LogP contribution is -2.44. The van der Waals surface area contributed by atoms with Crippen molar-refractivity contribution in [3.63, 3.8) is 0 Å². The van der Waals surface area contributed by atoms with Gasteiger partial charge in [-0.05, 0) is 32.3 Å². The van der Waals surface area contributed by atoms with Crippen molar-refractivity contribution in [2.45, 2.75) is 59.6 Å². The van der Waals surface area contributed by atoms with Crippen LogP contribution in [0, 0.1) is 5.41 Å². The van der Waals surface area contributed by atoms with E-state index in [1.165, 1.54) is 0 Å². The van der Waals surface area contributed by atoms with Gasteiger partial charge in [0.05, 0.1) is 6.42 Å². The van der Waals surface area contributed by atoms with E-state index in [2.05, 4.69) is 9.84 Å². The van der Waals surface area contributed by atoms with Crippen molar-refractivity contribution >= 4 is 26.3 Å². The van der Waals surface area contributed by atoms with Gasteiger partial charge in [0.15, 0.2) is 6.26 Å². The van der Waals surface area contributed by atoms with Crippen LogP contribution in [0.25, 0.3) is 0 Å². The number of allylic oxidation sites excluding steroid dienone is 1. The second-order valence-electron chi connectivity index (χ2n) is 7.20. The highest BCUT2D eigenvalue weighted by molar-refractivity contribution is 7.34. The van der Waals surface area contributed by atoms with Crippen molar-refractivity contribution in [1.29, 1.82) is 0 Å². The molecule has 0 aliphatic rings. The summed E-state index contributed by atoms with van der Waals surface area (Å²) in [6, 6.07) is -1.57. The van der Waals surface area contributed by atoms with E-state index < -0.39 is 44.4 Å². The maximum atomic E-state index is 11.9. The lowest BCUT2D eigenvalue weighted by atomic mass is 9.98. The predicted octanol–water partition coefficient (Wildman–Crippen LogP) is 3.13. The molecule has 0 radical (unpaired) electrons. The Bertz CT molecular complexity index is 545. The highest BCUT2D eigenvalue weighted by Gasteiger charge is 2.35. The van der Waals surface area contributed by atoms with Gasteiger partial charge in [-0.15, -0.1) is 0 Å². The molecule has 0 aliphatic carbocycles. The number of carboxylic acid groups (broad SMARTS) is 1. The van der Waals surface area contributed by atoms with Gasteiger partial charge in [-0.3, -0.25) is 4.79 Å². The summed E-state index contributed by atoms with van der Waals surface area (Å²) >= 11 is 0. The molecule has 0 aromatic carbocycles. The van der Waals surface area contributed by atoms with E-state index in [9.17, 15) is 18.9 Å². The zero-order chi connectivity index (χ0) is 19.8. The van der Waals surface area contributed by atoms with Crippen molar-refractivity contribution in [1.82, 2.24) is 5.32 Å². The molecule has 2 atom stereocenters. The summed E-state index contributed by atoms with van der Waals surface area (Å²) in [6.45, 7) is 10.4. The summed E-state index contributed by atoms with van der Waals surface area (Å²) in [4.78, 5) is 34.4. The summed E-state index contributed by atoms with van der Waals surface area (Å²) in [5.74, 6) is -2.57. The third-order valence-electron chi connectivity index (χ3n) is 2.23. The molecule has 10 heteroatoms. The molecule has 0 aromatic heterocycles. The van der Waals surface area contributed by atoms with E-state index in [-0.39, 0.29) is 5.41 Å². The minimum absolute atomic E-state index is 0.232. The van der Waals surface area contributed by atoms with Gasteiger partial charge in [0.25, 0.3) is 0 Å². The number of nitrogens with one attached hydrogen (secondary N) is 1. The quantitative estimate of drug-likeness (QED) is 0.511. The van der Waals surface area contributed by atoms with E-state index in [0.717, 1.165) is 6.26 Å². The van der Waals surface area contributed by atoms with Crippen molar-refractivity contribution < 1.29 is 37.8 Å². The zero-order valence-electron chi connectivity index (χ0n) is 15.2. The minimum Gasteiger partial charge on any atom is -0.481 e. The number of carbonyl (C=O) groups excluding carboxylic acids is 2. The van der Waals surface area contributed by atoms with E-state index in [1.54, 1.807) is 26.8 Å². The fourth-order valence-electron chi connectivity index (χ4n) is 1.26. The van der Waals surface area contributed by atoms with Gasteiger partial charge in [0.1, 0.15) is 11.6 Å². The molecular formula is C15H25NO8P+. The van der Waals surface area contributed by atoms with E-state index in [4.69, 9.17) is 14.4 Å². The molecule has 1 amide bonds. The maximum Gasteiger partial charge on any atom is 0.807 e. The van der Waals surface area contributed by atoms with Gasteiger partial charge in [0, 0.05) is 4.57 Å². The van der Waals surface area contributed by atoms with Crippen molar-refractivity contribution in [2.24, 2.45) is 5.41 Å². The first-order chi connectivity index (χ1) is 11.2. The Morgan fingerprint density at radius 1 is 1.16 bits per heavy atom. The highest BCUT2D eigenvalue weighted by atomic mass is 31.1. The van der Waals surface area contributed by atoms with Gasteiger partial charge in [-0.25, -0.2) is 14.1 Å². The number of rotatable bonds is 7. The van der Waals surface area contributed by atoms with Crippen LogP contribution in [-0.2, 0) is 27.9 Å². The van der Waals surface area contributed by atoms with Crippen LogP contribution in [0.15, 0.2) is 12.3 Å². The molecule has 0 rings (SSSR count). The first-order valence-electron chi connectivity index (χ1n) is 7.44. The second kappa shape index (κ2) is 9.36. The number of carbonyl (C=O) groups is 3. The van der Waals surface area contributed by atoms with Crippen LogP contribution in [0.2, 0.25) is 0 Å². The Labute approximate surface area is 147 Å². The molecule has 0 spiro atoms. The van der Waals surface area contributed by atoms with Crippen molar-refractivity contribution in [2.75, 3.05) is 0 Å². The lowest BCUT2D eigenvalue weighted by Gasteiger charge is -2.21. The number of ether oxygens (including phenoxy) is 1. The fourth-order valence-corrected chi connectivity index (χ4v) is 1.74. The fraction of sp³-hybridized carbons (Fsp3) is 0.667. The third-order valence-corrected chi connectivity index (χ3v) is 2.86. The number of hydrogen-bond donors (Lipinski definition) is 2. The molecule has 0 saturated carbocycles. The number of carboxylic acids is 1. The van der Waals surface area contributed by atoms with Gasteiger partial charge < -0.3 is 15.2 Å². The molecular weight excluding hydrogens is 353 g/mol. The van der Waals surface area contributed by atoms with E-state index in [1.807, 2.05) is 20.8 Å². The summed E-state index contributed by atoms with van der Waals surface area (Å²) < 4.78 is 25.8. The number of alkyl carbamates (subject to hydrolysis) is 1. The van der Waals surface area contributed by atoms with E-state index in [0.29, 0.717) is 0 Å². The van der Waals surface area contributed by atoms with Crippen LogP contribution in [0.1, 0.15) is 48.0 Å². The molecule has 0 aromatic rings. The van der Waals surface area contributed by atoms with Crippen LogP contribution in [0.4, 0.5) is 4.79 Å². The predicted molar refractivity (Wildman–Crippen MR) is 88.8 cm³/mol. The molecule has 25 heavy (non-hydrogen) atoms. The Morgan fingerprint density at radius 2 is 1.72 bits per heavy atom. The minimum atomic E-state index is -2.85. The average molecular weight is 378 g/mol. The topological polar surface area (TPSA) is 128 Å². The van der Waals surface area contributed by atoms with Crippen molar-refractivity contribution in [3.05, 3.63) is 12.3 Å². The Morgan fingerprint density at radius 3 is 2.16 bits per heavy atom. The first kappa shape index (κ1) is 22.9. The van der Waals surface area contributed by atoms with Gasteiger partial charge in [0.2, 0.25) is 0 Å². The Balaban J connectivity index is 4.78. The molecule has 142 valence electrons. The Hall–Kier alpha value is -2.15. The number of hydrogen-bond acceptors (Lipinski definition) is 7. The van der Waals surface area contributed by atoms with Gasteiger partial charge in [-0.2, -0.15) is 4.52 Å². The van der Waals surface area contributed by atoms with Crippen LogP contribution < -0.4 is 5.32 Å². The van der Waals surface area contributed by atoms with E-state index >= 15 is 0 Å². The normalized spacial score (nSPS) is 13.8. The maximum absolute atomic E-state index is 11.9. The first-order valence-corrected chi connectivity index (χ1v) is 8.54.